The quantitative estimate of drug-likeness (QED) is 0.848. The molecule has 2 rings (SSSR count). The second kappa shape index (κ2) is 5.16. The number of hydrogen-bond donors (Lipinski definition) is 1. The van der Waals surface area contributed by atoms with Crippen molar-refractivity contribution >= 4 is 28.3 Å². The van der Waals surface area contributed by atoms with Crippen LogP contribution in [0.3, 0.4) is 0 Å². The van der Waals surface area contributed by atoms with E-state index in [0.717, 1.165) is 12.2 Å². The van der Waals surface area contributed by atoms with Crippen LogP contribution in [0.15, 0.2) is 54.6 Å². The van der Waals surface area contributed by atoms with E-state index < -0.39 is 0 Å². The minimum Gasteiger partial charge on any atom is -0.381 e. The molecule has 0 amide bonds. The molecule has 0 aliphatic heterocycles. The summed E-state index contributed by atoms with van der Waals surface area (Å²) in [5.74, 6) is 0. The summed E-state index contributed by atoms with van der Waals surface area (Å²) in [4.78, 5) is 0. The molecule has 0 spiro atoms. The van der Waals surface area contributed by atoms with Crippen molar-refractivity contribution in [3.8, 4) is 0 Å². The van der Waals surface area contributed by atoms with E-state index in [1.807, 2.05) is 18.2 Å². The van der Waals surface area contributed by atoms with Gasteiger partial charge in [0, 0.05) is 15.8 Å². The SMILES string of the molecule is Ic1ccccc1CNc1ccccc1. The number of para-hydroxylation sites is 1. The van der Waals surface area contributed by atoms with Crippen molar-refractivity contribution in [3.63, 3.8) is 0 Å². The lowest BCUT2D eigenvalue weighted by atomic mass is 10.2. The van der Waals surface area contributed by atoms with Crippen LogP contribution in [0.2, 0.25) is 0 Å². The average Bonchev–Trinajstić information content (AvgIpc) is 2.29. The first kappa shape index (κ1) is 10.5. The molecule has 0 aliphatic rings. The van der Waals surface area contributed by atoms with Gasteiger partial charge in [0.25, 0.3) is 0 Å². The Morgan fingerprint density at radius 1 is 0.867 bits per heavy atom. The fraction of sp³-hybridized carbons (Fsp3) is 0.0769. The molecule has 15 heavy (non-hydrogen) atoms. The van der Waals surface area contributed by atoms with E-state index >= 15 is 0 Å². The molecule has 0 aromatic heterocycles. The van der Waals surface area contributed by atoms with Crippen LogP contribution in [0.4, 0.5) is 5.69 Å². The van der Waals surface area contributed by atoms with E-state index in [4.69, 9.17) is 0 Å². The van der Waals surface area contributed by atoms with Crippen LogP contribution >= 0.6 is 22.6 Å². The second-order valence-corrected chi connectivity index (χ2v) is 4.47. The maximum Gasteiger partial charge on any atom is 0.0411 e. The Morgan fingerprint density at radius 2 is 1.53 bits per heavy atom. The van der Waals surface area contributed by atoms with Crippen molar-refractivity contribution in [2.45, 2.75) is 6.54 Å². The minimum absolute atomic E-state index is 0.878. The molecule has 0 radical (unpaired) electrons. The zero-order chi connectivity index (χ0) is 10.5. The molecule has 2 aromatic carbocycles. The molecule has 0 aliphatic carbocycles. The first-order valence-electron chi connectivity index (χ1n) is 4.88. The summed E-state index contributed by atoms with van der Waals surface area (Å²) >= 11 is 2.36. The van der Waals surface area contributed by atoms with Gasteiger partial charge in [0.15, 0.2) is 0 Å². The van der Waals surface area contributed by atoms with Crippen LogP contribution in [-0.4, -0.2) is 0 Å². The Morgan fingerprint density at radius 3 is 2.27 bits per heavy atom. The summed E-state index contributed by atoms with van der Waals surface area (Å²) in [6.07, 6.45) is 0. The van der Waals surface area contributed by atoms with E-state index in [1.54, 1.807) is 0 Å². The van der Waals surface area contributed by atoms with Crippen LogP contribution in [0.5, 0.6) is 0 Å². The van der Waals surface area contributed by atoms with Crippen LogP contribution in [0.25, 0.3) is 0 Å². The molecule has 2 heteroatoms. The molecular formula is C13H12IN. The average molecular weight is 309 g/mol. The zero-order valence-electron chi connectivity index (χ0n) is 8.28. The van der Waals surface area contributed by atoms with Crippen LogP contribution < -0.4 is 5.32 Å². The van der Waals surface area contributed by atoms with E-state index in [1.165, 1.54) is 9.13 Å². The van der Waals surface area contributed by atoms with Gasteiger partial charge in [-0.15, -0.1) is 0 Å². The summed E-state index contributed by atoms with van der Waals surface area (Å²) in [5.41, 5.74) is 2.50. The lowest BCUT2D eigenvalue weighted by Gasteiger charge is -2.07. The predicted octanol–water partition coefficient (Wildman–Crippen LogP) is 3.90. The molecule has 76 valence electrons. The summed E-state index contributed by atoms with van der Waals surface area (Å²) in [6, 6.07) is 18.7. The Hall–Kier alpha value is -1.03. The fourth-order valence-electron chi connectivity index (χ4n) is 1.40. The van der Waals surface area contributed by atoms with Crippen molar-refractivity contribution in [2.75, 3.05) is 5.32 Å². The van der Waals surface area contributed by atoms with Crippen molar-refractivity contribution in [2.24, 2.45) is 0 Å². The molecule has 0 saturated carbocycles. The van der Waals surface area contributed by atoms with Crippen LogP contribution in [0, 0.1) is 3.57 Å². The van der Waals surface area contributed by atoms with Crippen molar-refractivity contribution in [1.29, 1.82) is 0 Å². The summed E-state index contributed by atoms with van der Waals surface area (Å²) in [7, 11) is 0. The Bertz CT molecular complexity index is 426. The highest BCUT2D eigenvalue weighted by Crippen LogP contribution is 2.13. The Balaban J connectivity index is 2.03. The molecule has 0 unspecified atom stereocenters. The third-order valence-corrected chi connectivity index (χ3v) is 3.27. The van der Waals surface area contributed by atoms with Gasteiger partial charge in [-0.05, 0) is 46.4 Å². The molecule has 0 fully saturated rings. The first-order valence-corrected chi connectivity index (χ1v) is 5.96. The number of benzene rings is 2. The molecule has 2 aromatic rings. The third-order valence-electron chi connectivity index (χ3n) is 2.21. The number of anilines is 1. The smallest absolute Gasteiger partial charge is 0.0411 e. The summed E-state index contributed by atoms with van der Waals surface area (Å²) < 4.78 is 1.30. The number of hydrogen-bond acceptors (Lipinski definition) is 1. The Kier molecular flexibility index (Phi) is 3.61. The second-order valence-electron chi connectivity index (χ2n) is 3.31. The highest BCUT2D eigenvalue weighted by molar-refractivity contribution is 14.1. The molecule has 0 bridgehead atoms. The number of rotatable bonds is 3. The van der Waals surface area contributed by atoms with E-state index in [2.05, 4.69) is 64.3 Å². The molecule has 0 heterocycles. The van der Waals surface area contributed by atoms with Gasteiger partial charge >= 0.3 is 0 Å². The maximum absolute atomic E-state index is 3.40. The monoisotopic (exact) mass is 309 g/mol. The highest BCUT2D eigenvalue weighted by Gasteiger charge is 1.97. The van der Waals surface area contributed by atoms with Gasteiger partial charge in [-0.2, -0.15) is 0 Å². The number of halogens is 1. The standard InChI is InChI=1S/C13H12IN/c14-13-9-5-4-6-11(13)10-15-12-7-2-1-3-8-12/h1-9,15H,10H2. The summed E-state index contributed by atoms with van der Waals surface area (Å²) in [6.45, 7) is 0.878. The van der Waals surface area contributed by atoms with Gasteiger partial charge < -0.3 is 5.32 Å². The van der Waals surface area contributed by atoms with E-state index in [-0.39, 0.29) is 0 Å². The lowest BCUT2D eigenvalue weighted by molar-refractivity contribution is 1.14. The largest absolute Gasteiger partial charge is 0.381 e. The third kappa shape index (κ3) is 2.96. The lowest BCUT2D eigenvalue weighted by Crippen LogP contribution is -2.00. The molecule has 0 atom stereocenters. The Labute approximate surface area is 104 Å². The van der Waals surface area contributed by atoms with Crippen LogP contribution in [0.1, 0.15) is 5.56 Å². The summed E-state index contributed by atoms with van der Waals surface area (Å²) in [5, 5.41) is 3.40. The maximum atomic E-state index is 3.40. The topological polar surface area (TPSA) is 12.0 Å². The first-order chi connectivity index (χ1) is 7.36. The molecule has 1 N–H and O–H groups in total. The van der Waals surface area contributed by atoms with Gasteiger partial charge in [-0.1, -0.05) is 36.4 Å². The number of nitrogens with one attached hydrogen (secondary N) is 1. The van der Waals surface area contributed by atoms with Gasteiger partial charge in [0.1, 0.15) is 0 Å². The van der Waals surface area contributed by atoms with Crippen molar-refractivity contribution in [1.82, 2.24) is 0 Å². The fourth-order valence-corrected chi connectivity index (χ4v) is 1.97. The van der Waals surface area contributed by atoms with Crippen molar-refractivity contribution < 1.29 is 0 Å². The van der Waals surface area contributed by atoms with E-state index in [0.29, 0.717) is 0 Å². The minimum atomic E-state index is 0.878. The molecule has 1 nitrogen and oxygen atoms in total. The normalized spacial score (nSPS) is 9.93. The van der Waals surface area contributed by atoms with Gasteiger partial charge in [-0.3, -0.25) is 0 Å². The van der Waals surface area contributed by atoms with E-state index in [9.17, 15) is 0 Å². The highest BCUT2D eigenvalue weighted by atomic mass is 127. The molecular weight excluding hydrogens is 297 g/mol. The predicted molar refractivity (Wildman–Crippen MR) is 72.9 cm³/mol. The van der Waals surface area contributed by atoms with Crippen LogP contribution in [-0.2, 0) is 6.54 Å². The molecule has 0 saturated heterocycles. The van der Waals surface area contributed by atoms with Gasteiger partial charge in [0.2, 0.25) is 0 Å². The van der Waals surface area contributed by atoms with Crippen molar-refractivity contribution in [3.05, 3.63) is 63.7 Å². The zero-order valence-corrected chi connectivity index (χ0v) is 10.4. The van der Waals surface area contributed by atoms with Gasteiger partial charge in [0.05, 0.1) is 0 Å². The van der Waals surface area contributed by atoms with Gasteiger partial charge in [-0.25, -0.2) is 0 Å².